The van der Waals surface area contributed by atoms with Crippen molar-refractivity contribution in [2.24, 2.45) is 5.73 Å². The van der Waals surface area contributed by atoms with Crippen molar-refractivity contribution in [3.05, 3.63) is 28.2 Å². The molecule has 19 heavy (non-hydrogen) atoms. The first-order valence-electron chi connectivity index (χ1n) is 5.97. The first-order chi connectivity index (χ1) is 8.87. The van der Waals surface area contributed by atoms with Gasteiger partial charge in [-0.2, -0.15) is 0 Å². The van der Waals surface area contributed by atoms with Crippen molar-refractivity contribution in [2.75, 3.05) is 11.4 Å². The number of benzene rings is 1. The van der Waals surface area contributed by atoms with E-state index in [0.29, 0.717) is 6.54 Å². The van der Waals surface area contributed by atoms with Crippen LogP contribution in [0.1, 0.15) is 19.4 Å². The fourth-order valence-electron chi connectivity index (χ4n) is 2.17. The van der Waals surface area contributed by atoms with Crippen LogP contribution < -0.4 is 16.0 Å². The molecule has 1 aliphatic rings. The van der Waals surface area contributed by atoms with Crippen LogP contribution in [0.4, 0.5) is 5.69 Å². The van der Waals surface area contributed by atoms with Crippen molar-refractivity contribution in [3.8, 4) is 0 Å². The van der Waals surface area contributed by atoms with E-state index >= 15 is 0 Å². The summed E-state index contributed by atoms with van der Waals surface area (Å²) in [4.78, 5) is 25.4. The predicted octanol–water partition coefficient (Wildman–Crippen LogP) is 1.15. The fraction of sp³-hybridized carbons (Fsp3) is 0.385. The Labute approximate surface area is 120 Å². The average Bonchev–Trinajstić information content (AvgIpc) is 2.34. The van der Waals surface area contributed by atoms with E-state index in [1.165, 1.54) is 0 Å². The molecule has 0 spiro atoms. The summed E-state index contributed by atoms with van der Waals surface area (Å²) in [5, 5.41) is 2.36. The van der Waals surface area contributed by atoms with Crippen LogP contribution in [-0.4, -0.2) is 23.9 Å². The molecule has 102 valence electrons. The maximum atomic E-state index is 12.0. The zero-order valence-electron chi connectivity index (χ0n) is 10.9. The maximum absolute atomic E-state index is 12.0. The summed E-state index contributed by atoms with van der Waals surface area (Å²) in [5.74, 6) is -0.598. The lowest BCUT2D eigenvalue weighted by molar-refractivity contribution is -0.135. The van der Waals surface area contributed by atoms with Crippen molar-refractivity contribution in [1.82, 2.24) is 5.32 Å². The van der Waals surface area contributed by atoms with Crippen LogP contribution in [0.3, 0.4) is 0 Å². The number of piperazine rings is 1. The van der Waals surface area contributed by atoms with Gasteiger partial charge in [0.05, 0.1) is 6.54 Å². The lowest BCUT2D eigenvalue weighted by Crippen LogP contribution is -2.64. The van der Waals surface area contributed by atoms with Gasteiger partial charge in [0.2, 0.25) is 5.91 Å². The zero-order valence-corrected chi connectivity index (χ0v) is 12.5. The number of carbonyl (C=O) groups excluding carboxylic acids is 2. The van der Waals surface area contributed by atoms with Crippen LogP contribution in [0, 0.1) is 0 Å². The summed E-state index contributed by atoms with van der Waals surface area (Å²) in [6.45, 7) is 4.05. The lowest BCUT2D eigenvalue weighted by atomic mass is 9.96. The van der Waals surface area contributed by atoms with Crippen molar-refractivity contribution in [1.29, 1.82) is 0 Å². The monoisotopic (exact) mass is 325 g/mol. The molecule has 6 heteroatoms. The van der Waals surface area contributed by atoms with Gasteiger partial charge in [0.25, 0.3) is 5.91 Å². The molecule has 0 aliphatic carbocycles. The number of amides is 2. The Hall–Kier alpha value is -1.40. The third kappa shape index (κ3) is 2.37. The van der Waals surface area contributed by atoms with E-state index in [1.807, 2.05) is 18.2 Å². The maximum Gasteiger partial charge on any atom is 0.251 e. The highest BCUT2D eigenvalue weighted by Gasteiger charge is 2.41. The van der Waals surface area contributed by atoms with Gasteiger partial charge in [-0.1, -0.05) is 22.0 Å². The van der Waals surface area contributed by atoms with Gasteiger partial charge >= 0.3 is 0 Å². The molecular formula is C13H16BrN3O2. The van der Waals surface area contributed by atoms with Crippen LogP contribution >= 0.6 is 15.9 Å². The van der Waals surface area contributed by atoms with Crippen LogP contribution in [0.15, 0.2) is 22.7 Å². The quantitative estimate of drug-likeness (QED) is 0.800. The zero-order chi connectivity index (χ0) is 14.2. The number of nitrogens with one attached hydrogen (secondary N) is 1. The van der Waals surface area contributed by atoms with Gasteiger partial charge < -0.3 is 10.6 Å². The Morgan fingerprint density at radius 2 is 2.11 bits per heavy atom. The highest BCUT2D eigenvalue weighted by Crippen LogP contribution is 2.33. The molecule has 0 saturated carbocycles. The predicted molar refractivity (Wildman–Crippen MR) is 76.6 cm³/mol. The van der Waals surface area contributed by atoms with E-state index in [9.17, 15) is 9.59 Å². The fourth-order valence-corrected chi connectivity index (χ4v) is 2.69. The van der Waals surface area contributed by atoms with E-state index < -0.39 is 5.54 Å². The summed E-state index contributed by atoms with van der Waals surface area (Å²) in [5.41, 5.74) is 6.68. The average molecular weight is 326 g/mol. The van der Waals surface area contributed by atoms with Gasteiger partial charge in [0.15, 0.2) is 0 Å². The first-order valence-corrected chi connectivity index (χ1v) is 6.76. The van der Waals surface area contributed by atoms with Gasteiger partial charge in [-0.05, 0) is 26.0 Å². The van der Waals surface area contributed by atoms with Crippen molar-refractivity contribution < 1.29 is 9.59 Å². The summed E-state index contributed by atoms with van der Waals surface area (Å²) in [6.07, 6.45) is 0. The van der Waals surface area contributed by atoms with Crippen molar-refractivity contribution in [3.63, 3.8) is 0 Å². The van der Waals surface area contributed by atoms with Crippen molar-refractivity contribution in [2.45, 2.75) is 25.9 Å². The second-order valence-corrected chi connectivity index (χ2v) is 5.82. The second-order valence-electron chi connectivity index (χ2n) is 4.96. The SMILES string of the molecule is CC1(C)C(=O)NC(=O)CN1c1cccc(Br)c1CN. The Morgan fingerprint density at radius 3 is 2.74 bits per heavy atom. The molecule has 0 unspecified atom stereocenters. The molecule has 0 atom stereocenters. The molecule has 2 amide bonds. The minimum Gasteiger partial charge on any atom is -0.348 e. The third-order valence-corrected chi connectivity index (χ3v) is 4.12. The molecule has 3 N–H and O–H groups in total. The Balaban J connectivity index is 2.53. The molecule has 0 radical (unpaired) electrons. The molecule has 0 aromatic heterocycles. The molecule has 5 nitrogen and oxygen atoms in total. The van der Waals surface area contributed by atoms with Gasteiger partial charge in [0, 0.05) is 22.3 Å². The number of nitrogens with zero attached hydrogens (tertiary/aromatic N) is 1. The number of carbonyl (C=O) groups is 2. The Morgan fingerprint density at radius 1 is 1.42 bits per heavy atom. The third-order valence-electron chi connectivity index (χ3n) is 3.37. The smallest absolute Gasteiger partial charge is 0.251 e. The van der Waals surface area contributed by atoms with E-state index in [-0.39, 0.29) is 18.4 Å². The molecule has 1 saturated heterocycles. The summed E-state index contributed by atoms with van der Waals surface area (Å²) in [6, 6.07) is 5.64. The second kappa shape index (κ2) is 4.94. The van der Waals surface area contributed by atoms with Crippen molar-refractivity contribution >= 4 is 33.4 Å². The summed E-state index contributed by atoms with van der Waals surface area (Å²) in [7, 11) is 0. The van der Waals surface area contributed by atoms with Crippen LogP contribution in [0.2, 0.25) is 0 Å². The number of halogens is 1. The molecule has 1 aromatic carbocycles. The molecular weight excluding hydrogens is 310 g/mol. The normalized spacial score (nSPS) is 18.4. The summed E-state index contributed by atoms with van der Waals surface area (Å²) >= 11 is 3.45. The van der Waals surface area contributed by atoms with Gasteiger partial charge in [0.1, 0.15) is 5.54 Å². The molecule has 1 heterocycles. The van der Waals surface area contributed by atoms with Gasteiger partial charge in [-0.3, -0.25) is 14.9 Å². The molecule has 0 bridgehead atoms. The first kappa shape index (κ1) is 14.0. The van der Waals surface area contributed by atoms with E-state index in [4.69, 9.17) is 5.73 Å². The minimum atomic E-state index is -0.793. The number of anilines is 1. The standard InChI is InChI=1S/C13H16BrN3O2/c1-13(2)12(19)16-11(18)7-17(13)10-5-3-4-9(14)8(10)6-15/h3-5H,6-7,15H2,1-2H3,(H,16,18,19). The molecule has 1 aromatic rings. The van der Waals surface area contributed by atoms with E-state index in [2.05, 4.69) is 21.2 Å². The highest BCUT2D eigenvalue weighted by molar-refractivity contribution is 9.10. The number of imide groups is 1. The van der Waals surface area contributed by atoms with Crippen LogP contribution in [0.25, 0.3) is 0 Å². The summed E-state index contributed by atoms with van der Waals surface area (Å²) < 4.78 is 0.877. The van der Waals surface area contributed by atoms with Crippen LogP contribution in [0.5, 0.6) is 0 Å². The number of rotatable bonds is 2. The highest BCUT2D eigenvalue weighted by atomic mass is 79.9. The topological polar surface area (TPSA) is 75.4 Å². The number of hydrogen-bond donors (Lipinski definition) is 2. The van der Waals surface area contributed by atoms with E-state index in [0.717, 1.165) is 15.7 Å². The Kier molecular flexibility index (Phi) is 3.64. The largest absolute Gasteiger partial charge is 0.348 e. The Bertz CT molecular complexity index is 543. The molecule has 2 rings (SSSR count). The van der Waals surface area contributed by atoms with E-state index in [1.54, 1.807) is 18.7 Å². The van der Waals surface area contributed by atoms with Gasteiger partial charge in [-0.25, -0.2) is 0 Å². The minimum absolute atomic E-state index is 0.141. The number of hydrogen-bond acceptors (Lipinski definition) is 4. The molecule has 1 fully saturated rings. The van der Waals surface area contributed by atoms with Crippen LogP contribution in [-0.2, 0) is 16.1 Å². The lowest BCUT2D eigenvalue weighted by Gasteiger charge is -2.42. The molecule has 1 aliphatic heterocycles. The number of nitrogens with two attached hydrogens (primary N) is 1. The van der Waals surface area contributed by atoms with Gasteiger partial charge in [-0.15, -0.1) is 0 Å².